The summed E-state index contributed by atoms with van der Waals surface area (Å²) >= 11 is 0. The van der Waals surface area contributed by atoms with E-state index in [1.54, 1.807) is 35.3 Å². The first-order valence-corrected chi connectivity index (χ1v) is 10.3. The number of rotatable bonds is 10. The van der Waals surface area contributed by atoms with E-state index in [1.165, 1.54) is 6.33 Å². The van der Waals surface area contributed by atoms with Gasteiger partial charge in [-0.1, -0.05) is 25.5 Å². The van der Waals surface area contributed by atoms with Gasteiger partial charge in [0, 0.05) is 5.56 Å². The quantitative estimate of drug-likeness (QED) is 0.490. The summed E-state index contributed by atoms with van der Waals surface area (Å²) in [5.41, 5.74) is 2.31. The molecule has 8 heteroatoms. The molecule has 2 N–H and O–H groups in total. The minimum absolute atomic E-state index is 0.102. The molecule has 1 atom stereocenters. The number of aromatic nitrogens is 3. The van der Waals surface area contributed by atoms with Crippen LogP contribution in [0.15, 0.2) is 61.2 Å². The van der Waals surface area contributed by atoms with Gasteiger partial charge in [0.1, 0.15) is 18.4 Å². The van der Waals surface area contributed by atoms with Gasteiger partial charge < -0.3 is 15.4 Å². The van der Waals surface area contributed by atoms with Crippen molar-refractivity contribution in [3.05, 3.63) is 72.3 Å². The van der Waals surface area contributed by atoms with Crippen LogP contribution in [0.2, 0.25) is 0 Å². The van der Waals surface area contributed by atoms with Gasteiger partial charge in [-0.05, 0) is 55.3 Å². The Hall–Kier alpha value is -3.68. The molecule has 3 aromatic rings. The zero-order valence-corrected chi connectivity index (χ0v) is 17.7. The summed E-state index contributed by atoms with van der Waals surface area (Å²) in [6, 6.07) is 14.4. The fourth-order valence-corrected chi connectivity index (χ4v) is 2.93. The lowest BCUT2D eigenvalue weighted by atomic mass is 10.1. The van der Waals surface area contributed by atoms with Crippen molar-refractivity contribution in [1.82, 2.24) is 25.4 Å². The Balaban J connectivity index is 1.45. The smallest absolute Gasteiger partial charge is 0.251 e. The first-order valence-electron chi connectivity index (χ1n) is 10.3. The van der Waals surface area contributed by atoms with E-state index in [4.69, 9.17) is 4.74 Å². The van der Waals surface area contributed by atoms with E-state index in [1.807, 2.05) is 31.2 Å². The summed E-state index contributed by atoms with van der Waals surface area (Å²) in [5, 5.41) is 9.62. The lowest BCUT2D eigenvalue weighted by Crippen LogP contribution is -2.38. The minimum atomic E-state index is -0.305. The number of nitrogens with one attached hydrogen (secondary N) is 2. The number of carbonyl (C=O) groups excluding carboxylic acids is 2. The standard InChI is InChI=1S/C23H27N5O3/c1-3-4-13-31-21-11-7-19(8-12-21)23(30)25-14-22(29)27-17(2)18-5-9-20(10-6-18)28-16-24-15-26-28/h5-12,15-17H,3-4,13-14H2,1-2H3,(H,25,30)(H,27,29)/t17-/m1/s1. The van der Waals surface area contributed by atoms with Crippen LogP contribution in [0.1, 0.15) is 48.7 Å². The molecule has 2 aromatic carbocycles. The van der Waals surface area contributed by atoms with E-state index in [0.717, 1.165) is 29.8 Å². The third kappa shape index (κ3) is 6.40. The predicted molar refractivity (Wildman–Crippen MR) is 117 cm³/mol. The highest BCUT2D eigenvalue weighted by molar-refractivity contribution is 5.96. The van der Waals surface area contributed by atoms with Crippen molar-refractivity contribution in [1.29, 1.82) is 0 Å². The maximum atomic E-state index is 12.3. The number of hydrogen-bond donors (Lipinski definition) is 2. The summed E-state index contributed by atoms with van der Waals surface area (Å²) in [4.78, 5) is 28.5. The van der Waals surface area contributed by atoms with Gasteiger partial charge in [0.25, 0.3) is 5.91 Å². The van der Waals surface area contributed by atoms with E-state index in [9.17, 15) is 9.59 Å². The number of nitrogens with zero attached hydrogens (tertiary/aromatic N) is 3. The Labute approximate surface area is 181 Å². The fourth-order valence-electron chi connectivity index (χ4n) is 2.93. The van der Waals surface area contributed by atoms with Crippen LogP contribution in [-0.2, 0) is 4.79 Å². The van der Waals surface area contributed by atoms with E-state index in [0.29, 0.717) is 12.2 Å². The van der Waals surface area contributed by atoms with E-state index in [-0.39, 0.29) is 24.4 Å². The van der Waals surface area contributed by atoms with Gasteiger partial charge in [-0.15, -0.1) is 0 Å². The van der Waals surface area contributed by atoms with Crippen molar-refractivity contribution < 1.29 is 14.3 Å². The minimum Gasteiger partial charge on any atom is -0.494 e. The summed E-state index contributed by atoms with van der Waals surface area (Å²) < 4.78 is 7.25. The normalized spacial score (nSPS) is 11.5. The van der Waals surface area contributed by atoms with Crippen molar-refractivity contribution in [3.63, 3.8) is 0 Å². The molecule has 0 aliphatic carbocycles. The summed E-state index contributed by atoms with van der Waals surface area (Å²) in [6.45, 7) is 4.55. The molecule has 0 aliphatic rings. The first kappa shape index (κ1) is 22.0. The Morgan fingerprint density at radius 2 is 1.84 bits per heavy atom. The SMILES string of the molecule is CCCCOc1ccc(C(=O)NCC(=O)N[C@H](C)c2ccc(-n3cncn3)cc2)cc1. The number of carbonyl (C=O) groups is 2. The van der Waals surface area contributed by atoms with Crippen molar-refractivity contribution >= 4 is 11.8 Å². The van der Waals surface area contributed by atoms with Crippen LogP contribution in [0, 0.1) is 0 Å². The van der Waals surface area contributed by atoms with Gasteiger partial charge in [-0.3, -0.25) is 9.59 Å². The molecule has 0 bridgehead atoms. The number of amides is 2. The van der Waals surface area contributed by atoms with E-state index < -0.39 is 0 Å². The number of ether oxygens (including phenoxy) is 1. The van der Waals surface area contributed by atoms with Gasteiger partial charge in [-0.25, -0.2) is 9.67 Å². The highest BCUT2D eigenvalue weighted by atomic mass is 16.5. The second-order valence-electron chi connectivity index (χ2n) is 7.13. The van der Waals surface area contributed by atoms with Gasteiger partial charge in [-0.2, -0.15) is 5.10 Å². The molecule has 162 valence electrons. The molecule has 0 unspecified atom stereocenters. The molecule has 3 rings (SSSR count). The van der Waals surface area contributed by atoms with Crippen LogP contribution in [0.4, 0.5) is 0 Å². The molecule has 0 spiro atoms. The highest BCUT2D eigenvalue weighted by Gasteiger charge is 2.12. The molecule has 31 heavy (non-hydrogen) atoms. The van der Waals surface area contributed by atoms with Crippen LogP contribution in [-0.4, -0.2) is 39.7 Å². The number of unbranched alkanes of at least 4 members (excludes halogenated alkanes) is 1. The summed E-state index contributed by atoms with van der Waals surface area (Å²) in [5.74, 6) is 0.159. The maximum Gasteiger partial charge on any atom is 0.251 e. The average Bonchev–Trinajstić information content (AvgIpc) is 3.33. The second kappa shape index (κ2) is 10.9. The molecule has 8 nitrogen and oxygen atoms in total. The molecule has 0 saturated heterocycles. The van der Waals surface area contributed by atoms with E-state index >= 15 is 0 Å². The predicted octanol–water partition coefficient (Wildman–Crippen LogP) is 3.05. The molecule has 0 saturated carbocycles. The molecular formula is C23H27N5O3. The van der Waals surface area contributed by atoms with Crippen molar-refractivity contribution in [2.45, 2.75) is 32.7 Å². The zero-order chi connectivity index (χ0) is 22.1. The maximum absolute atomic E-state index is 12.3. The Morgan fingerprint density at radius 1 is 1.10 bits per heavy atom. The highest BCUT2D eigenvalue weighted by Crippen LogP contribution is 2.15. The van der Waals surface area contributed by atoms with E-state index in [2.05, 4.69) is 27.6 Å². The van der Waals surface area contributed by atoms with Gasteiger partial charge >= 0.3 is 0 Å². The topological polar surface area (TPSA) is 98.1 Å². The molecule has 1 aromatic heterocycles. The molecule has 1 heterocycles. The monoisotopic (exact) mass is 421 g/mol. The second-order valence-corrected chi connectivity index (χ2v) is 7.13. The number of hydrogen-bond acceptors (Lipinski definition) is 5. The number of benzene rings is 2. The van der Waals surface area contributed by atoms with Gasteiger partial charge in [0.15, 0.2) is 0 Å². The van der Waals surface area contributed by atoms with Crippen molar-refractivity contribution in [2.24, 2.45) is 0 Å². The first-order chi connectivity index (χ1) is 15.1. The van der Waals surface area contributed by atoms with Gasteiger partial charge in [0.05, 0.1) is 24.9 Å². The van der Waals surface area contributed by atoms with Crippen LogP contribution in [0.25, 0.3) is 5.69 Å². The van der Waals surface area contributed by atoms with Crippen molar-refractivity contribution in [2.75, 3.05) is 13.2 Å². The Morgan fingerprint density at radius 3 is 2.48 bits per heavy atom. The lowest BCUT2D eigenvalue weighted by molar-refractivity contribution is -0.120. The summed E-state index contributed by atoms with van der Waals surface area (Å²) in [6.07, 6.45) is 5.15. The van der Waals surface area contributed by atoms with Gasteiger partial charge in [0.2, 0.25) is 5.91 Å². The average molecular weight is 422 g/mol. The van der Waals surface area contributed by atoms with Crippen molar-refractivity contribution in [3.8, 4) is 11.4 Å². The van der Waals surface area contributed by atoms with Crippen LogP contribution in [0.3, 0.4) is 0 Å². The molecule has 0 radical (unpaired) electrons. The zero-order valence-electron chi connectivity index (χ0n) is 17.7. The Bertz CT molecular complexity index is 969. The lowest BCUT2D eigenvalue weighted by Gasteiger charge is -2.15. The molecule has 0 fully saturated rings. The largest absolute Gasteiger partial charge is 0.494 e. The molecule has 2 amide bonds. The third-order valence-electron chi connectivity index (χ3n) is 4.75. The van der Waals surface area contributed by atoms with Crippen LogP contribution >= 0.6 is 0 Å². The van der Waals surface area contributed by atoms with Crippen LogP contribution < -0.4 is 15.4 Å². The fraction of sp³-hybridized carbons (Fsp3) is 0.304. The Kier molecular flexibility index (Phi) is 7.75. The summed E-state index contributed by atoms with van der Waals surface area (Å²) in [7, 11) is 0. The molecular weight excluding hydrogens is 394 g/mol. The molecule has 0 aliphatic heterocycles. The third-order valence-corrected chi connectivity index (χ3v) is 4.75. The van der Waals surface area contributed by atoms with Crippen LogP contribution in [0.5, 0.6) is 5.75 Å².